The second kappa shape index (κ2) is 12.4. The van der Waals surface area contributed by atoms with Crippen molar-refractivity contribution in [2.75, 3.05) is 10.6 Å². The number of para-hydroxylation sites is 2. The van der Waals surface area contributed by atoms with Crippen molar-refractivity contribution in [2.24, 2.45) is 11.8 Å². The van der Waals surface area contributed by atoms with E-state index in [1.165, 1.54) is 0 Å². The van der Waals surface area contributed by atoms with Crippen molar-refractivity contribution < 1.29 is 19.4 Å². The maximum Gasteiger partial charge on any atom is 0.265 e. The number of fused-ring (bicyclic) bond motifs is 1. The molecule has 0 radical (unpaired) electrons. The maximum absolute atomic E-state index is 11.9. The van der Waals surface area contributed by atoms with Crippen LogP contribution in [0.15, 0.2) is 36.4 Å². The molecule has 0 aliphatic carbocycles. The fourth-order valence-electron chi connectivity index (χ4n) is 3.70. The Labute approximate surface area is 218 Å². The molecule has 0 aromatic heterocycles. The van der Waals surface area contributed by atoms with Crippen LogP contribution in [0.4, 0.5) is 11.4 Å². The van der Waals surface area contributed by atoms with E-state index in [0.29, 0.717) is 11.6 Å². The van der Waals surface area contributed by atoms with Gasteiger partial charge in [0.25, 0.3) is 5.91 Å². The van der Waals surface area contributed by atoms with Crippen LogP contribution in [0.5, 0.6) is 11.5 Å². The van der Waals surface area contributed by atoms with Gasteiger partial charge in [0, 0.05) is 0 Å². The molecule has 192 valence electrons. The number of halogens is 1. The Bertz CT molecular complexity index is 1030. The van der Waals surface area contributed by atoms with Gasteiger partial charge in [-0.25, -0.2) is 0 Å². The first-order chi connectivity index (χ1) is 16.3. The van der Waals surface area contributed by atoms with Crippen LogP contribution in [-0.2, 0) is 9.59 Å². The van der Waals surface area contributed by atoms with E-state index < -0.39 is 0 Å². The Hall–Kier alpha value is -2.54. The summed E-state index contributed by atoms with van der Waals surface area (Å²) < 4.78 is 5.89. The largest absolute Gasteiger partial charge is 0.505 e. The van der Waals surface area contributed by atoms with Gasteiger partial charge in [-0.15, -0.1) is 0 Å². The molecule has 3 rings (SSSR count). The van der Waals surface area contributed by atoms with Gasteiger partial charge in [-0.3, -0.25) is 9.59 Å². The second-order valence-corrected chi connectivity index (χ2v) is 11.2. The van der Waals surface area contributed by atoms with Crippen LogP contribution < -0.4 is 15.4 Å². The summed E-state index contributed by atoms with van der Waals surface area (Å²) in [6, 6.07) is 11.3. The first-order valence-electron chi connectivity index (χ1n) is 12.2. The maximum atomic E-state index is 11.9. The Kier molecular flexibility index (Phi) is 10.2. The van der Waals surface area contributed by atoms with Gasteiger partial charge >= 0.3 is 0 Å². The molecular formula is C28H39BrN2O4. The first kappa shape index (κ1) is 28.7. The van der Waals surface area contributed by atoms with Crippen LogP contribution in [0.2, 0.25) is 0 Å². The number of amides is 2. The zero-order chi connectivity index (χ0) is 26.4. The lowest BCUT2D eigenvalue weighted by Crippen LogP contribution is -2.41. The lowest BCUT2D eigenvalue weighted by Gasteiger charge is -2.30. The molecule has 2 aromatic carbocycles. The molecule has 0 bridgehead atoms. The van der Waals surface area contributed by atoms with Gasteiger partial charge < -0.3 is 20.5 Å². The number of hydrogen-bond donors (Lipinski definition) is 3. The van der Waals surface area contributed by atoms with Crippen LogP contribution in [0, 0.1) is 11.8 Å². The number of benzene rings is 2. The van der Waals surface area contributed by atoms with E-state index in [9.17, 15) is 14.7 Å². The van der Waals surface area contributed by atoms with Gasteiger partial charge in [0.2, 0.25) is 5.91 Å². The zero-order valence-electron chi connectivity index (χ0n) is 22.0. The van der Waals surface area contributed by atoms with Crippen molar-refractivity contribution in [1.82, 2.24) is 0 Å². The number of phenols is 1. The molecule has 0 spiro atoms. The molecule has 2 atom stereocenters. The van der Waals surface area contributed by atoms with Crippen LogP contribution >= 0.6 is 15.9 Å². The summed E-state index contributed by atoms with van der Waals surface area (Å²) in [6.07, 6.45) is -0.387. The molecule has 1 aliphatic heterocycles. The summed E-state index contributed by atoms with van der Waals surface area (Å²) in [5.41, 5.74) is 3.24. The number of hydrogen-bond acceptors (Lipinski definition) is 4. The summed E-state index contributed by atoms with van der Waals surface area (Å²) in [7, 11) is 0. The third-order valence-corrected chi connectivity index (χ3v) is 7.29. The van der Waals surface area contributed by atoms with Crippen molar-refractivity contribution in [1.29, 1.82) is 0 Å². The summed E-state index contributed by atoms with van der Waals surface area (Å²) >= 11 is 3.34. The fraction of sp³-hybridized carbons (Fsp3) is 0.500. The monoisotopic (exact) mass is 546 g/mol. The first-order valence-corrected chi connectivity index (χ1v) is 13.1. The second-order valence-electron chi connectivity index (χ2n) is 10.2. The number of nitrogens with one attached hydrogen (secondary N) is 2. The van der Waals surface area contributed by atoms with Gasteiger partial charge in [0.05, 0.1) is 16.2 Å². The molecule has 6 nitrogen and oxygen atoms in total. The number of anilines is 2. The van der Waals surface area contributed by atoms with Gasteiger partial charge in [-0.2, -0.15) is 0 Å². The summed E-state index contributed by atoms with van der Waals surface area (Å²) in [5, 5.41) is 15.8. The van der Waals surface area contributed by atoms with Crippen LogP contribution in [0.25, 0.3) is 0 Å². The van der Waals surface area contributed by atoms with Crippen LogP contribution in [0.1, 0.15) is 78.4 Å². The van der Waals surface area contributed by atoms with E-state index in [4.69, 9.17) is 4.74 Å². The summed E-state index contributed by atoms with van der Waals surface area (Å²) in [5.74, 6) is 1.77. The van der Waals surface area contributed by atoms with Gasteiger partial charge in [0.1, 0.15) is 11.5 Å². The molecule has 0 saturated carbocycles. The molecule has 7 heteroatoms. The highest BCUT2D eigenvalue weighted by Crippen LogP contribution is 2.38. The van der Waals surface area contributed by atoms with Crippen molar-refractivity contribution >= 4 is 39.1 Å². The molecule has 1 heterocycles. The topological polar surface area (TPSA) is 87.7 Å². The molecule has 35 heavy (non-hydrogen) atoms. The van der Waals surface area contributed by atoms with E-state index in [2.05, 4.69) is 46.5 Å². The van der Waals surface area contributed by atoms with E-state index in [-0.39, 0.29) is 46.2 Å². The fourth-order valence-corrected chi connectivity index (χ4v) is 3.81. The Morgan fingerprint density at radius 2 is 1.54 bits per heavy atom. The van der Waals surface area contributed by atoms with Crippen molar-refractivity contribution in [3.63, 3.8) is 0 Å². The third-order valence-electron chi connectivity index (χ3n) is 5.82. The molecule has 0 fully saturated rings. The van der Waals surface area contributed by atoms with Gasteiger partial charge in [0.15, 0.2) is 6.10 Å². The minimum atomic E-state index is -0.387. The van der Waals surface area contributed by atoms with Crippen molar-refractivity contribution in [2.45, 2.75) is 78.2 Å². The SMILES string of the molecule is CC(C)c1cccc(NC(=O)C(Br)C(C)C)c1O.CC(C)c1cccc2c1OC(C(C)C)C(=O)N2. The normalized spacial score (nSPS) is 15.8. The lowest BCUT2D eigenvalue weighted by atomic mass is 9.98. The molecule has 2 unspecified atom stereocenters. The predicted octanol–water partition coefficient (Wildman–Crippen LogP) is 7.04. The highest BCUT2D eigenvalue weighted by atomic mass is 79.9. The Morgan fingerprint density at radius 3 is 2.09 bits per heavy atom. The number of phenolic OH excluding ortho intramolecular Hbond substituents is 1. The smallest absolute Gasteiger partial charge is 0.265 e. The van der Waals surface area contributed by atoms with Crippen molar-refractivity contribution in [3.8, 4) is 11.5 Å². The van der Waals surface area contributed by atoms with Crippen molar-refractivity contribution in [3.05, 3.63) is 47.5 Å². The van der Waals surface area contributed by atoms with Crippen LogP contribution in [0.3, 0.4) is 0 Å². The number of carbonyl (C=O) groups is 2. The minimum Gasteiger partial charge on any atom is -0.505 e. The minimum absolute atomic E-state index is 0.0478. The summed E-state index contributed by atoms with van der Waals surface area (Å²) in [4.78, 5) is 23.5. The van der Waals surface area contributed by atoms with Gasteiger partial charge in [-0.05, 0) is 46.9 Å². The lowest BCUT2D eigenvalue weighted by molar-refractivity contribution is -0.125. The quantitative estimate of drug-likeness (QED) is 0.267. The van der Waals surface area contributed by atoms with Gasteiger partial charge in [-0.1, -0.05) is 95.6 Å². The highest BCUT2D eigenvalue weighted by Gasteiger charge is 2.31. The molecule has 3 N–H and O–H groups in total. The number of carbonyl (C=O) groups excluding carboxylic acids is 2. The number of rotatable bonds is 6. The molecule has 0 saturated heterocycles. The molecule has 2 amide bonds. The Balaban J connectivity index is 0.000000247. The standard InChI is InChI=1S/C14H20BrNO2.C14H19NO2/c1-8(2)10-6-5-7-11(13(10)17)16-14(18)12(15)9(3)4;1-8(2)10-6-5-7-11-13(10)17-12(9(3)4)14(16)15-11/h5-9,12,17H,1-4H3,(H,16,18);5-9,12H,1-4H3,(H,15,16). The molecule has 2 aromatic rings. The van der Waals surface area contributed by atoms with E-state index in [1.54, 1.807) is 6.07 Å². The zero-order valence-corrected chi connectivity index (χ0v) is 23.6. The average molecular weight is 548 g/mol. The third kappa shape index (κ3) is 7.23. The number of alkyl halides is 1. The number of ether oxygens (including phenoxy) is 1. The molecule has 1 aliphatic rings. The Morgan fingerprint density at radius 1 is 0.971 bits per heavy atom. The predicted molar refractivity (Wildman–Crippen MR) is 147 cm³/mol. The average Bonchev–Trinajstić information content (AvgIpc) is 2.78. The number of aromatic hydroxyl groups is 1. The van der Waals surface area contributed by atoms with E-state index in [1.807, 2.05) is 65.8 Å². The highest BCUT2D eigenvalue weighted by molar-refractivity contribution is 9.10. The van der Waals surface area contributed by atoms with E-state index in [0.717, 1.165) is 22.6 Å². The van der Waals surface area contributed by atoms with Crippen LogP contribution in [-0.4, -0.2) is 27.9 Å². The summed E-state index contributed by atoms with van der Waals surface area (Å²) in [6.45, 7) is 16.2. The van der Waals surface area contributed by atoms with E-state index >= 15 is 0 Å². The molecular weight excluding hydrogens is 508 g/mol.